The van der Waals surface area contributed by atoms with Gasteiger partial charge in [-0.1, -0.05) is 62.4 Å². The Morgan fingerprint density at radius 1 is 0.488 bits per heavy atom. The fraction of sp³-hybridized carbons (Fsp3) is 0.226. The number of rotatable bonds is 12. The highest BCUT2D eigenvalue weighted by molar-refractivity contribution is 7.62. The normalized spacial score (nSPS) is 12.2. The van der Waals surface area contributed by atoms with Crippen molar-refractivity contribution in [2.24, 2.45) is 0 Å². The van der Waals surface area contributed by atoms with E-state index in [1.807, 2.05) is 74.5 Å². The van der Waals surface area contributed by atoms with E-state index in [-0.39, 0.29) is 0 Å². The Morgan fingerprint density at radius 3 is 1.15 bits per heavy atom. The molecule has 0 saturated heterocycles. The van der Waals surface area contributed by atoms with E-state index < -0.39 is 20.6 Å². The molecule has 0 aliphatic heterocycles. The van der Waals surface area contributed by atoms with E-state index in [1.165, 1.54) is 28.4 Å². The molecule has 10 heteroatoms. The van der Waals surface area contributed by atoms with Crippen LogP contribution in [0.5, 0.6) is 23.0 Å². The summed E-state index contributed by atoms with van der Waals surface area (Å²) in [6.07, 6.45) is 0. The van der Waals surface area contributed by atoms with Crippen molar-refractivity contribution in [2.45, 2.75) is 19.3 Å². The molecule has 0 aliphatic carbocycles. The van der Waals surface area contributed by atoms with Crippen LogP contribution in [-0.4, -0.2) is 28.4 Å². The molecule has 0 radical (unpaired) electrons. The number of ether oxygens (including phenoxy) is 2. The van der Waals surface area contributed by atoms with Gasteiger partial charge in [0.25, 0.3) is 0 Å². The van der Waals surface area contributed by atoms with Gasteiger partial charge in [-0.3, -0.25) is 9.13 Å². The fourth-order valence-corrected chi connectivity index (χ4v) is 7.55. The lowest BCUT2D eigenvalue weighted by molar-refractivity contribution is 0.286. The molecule has 0 unspecified atom stereocenters. The lowest BCUT2D eigenvalue weighted by Crippen LogP contribution is -2.33. The van der Waals surface area contributed by atoms with Crippen molar-refractivity contribution in [3.8, 4) is 23.0 Å². The summed E-state index contributed by atoms with van der Waals surface area (Å²) in [6, 6.07) is 29.0. The summed E-state index contributed by atoms with van der Waals surface area (Å²) in [5, 5.41) is 0.613. The van der Waals surface area contributed by atoms with Crippen LogP contribution in [0.2, 0.25) is 0 Å². The van der Waals surface area contributed by atoms with Gasteiger partial charge in [0, 0.05) is 33.9 Å². The minimum Gasteiger partial charge on any atom is -0.457 e. The van der Waals surface area contributed by atoms with Crippen LogP contribution < -0.4 is 20.1 Å². The second-order valence-electron chi connectivity index (χ2n) is 9.54. The zero-order valence-electron chi connectivity index (χ0n) is 23.9. The summed E-state index contributed by atoms with van der Waals surface area (Å²) in [5.41, 5.74) is 0.323. The smallest absolute Gasteiger partial charge is 0.361 e. The summed E-state index contributed by atoms with van der Waals surface area (Å²) in [6.45, 7) is 3.84. The first-order valence-corrected chi connectivity index (χ1v) is 15.9. The number of para-hydroxylation sites is 2. The van der Waals surface area contributed by atoms with Gasteiger partial charge < -0.3 is 27.6 Å². The SMILES string of the molecule is COP(=O)(OC)c1cc(Oc2ccccc2)ccc1C(C)(C)c1ccc(Oc2ccccc2)cc1P(=O)(OC)OC. The standard InChI is InChI=1S/C31H34O8P2/c1-31(2,27-19-17-25(38-23-13-9-7-10-14-23)21-29(27)40(32,34-3)35-4)28-20-18-26(39-24-15-11-8-12-16-24)22-30(28)41(33,36-5)37-6/h7-22H,1-6H3. The Labute approximate surface area is 241 Å². The van der Waals surface area contributed by atoms with E-state index >= 15 is 0 Å². The third-order valence-corrected chi connectivity index (χ3v) is 10.6. The van der Waals surface area contributed by atoms with E-state index in [4.69, 9.17) is 27.6 Å². The van der Waals surface area contributed by atoms with Crippen LogP contribution in [0.1, 0.15) is 25.0 Å². The van der Waals surface area contributed by atoms with Gasteiger partial charge in [-0.25, -0.2) is 0 Å². The van der Waals surface area contributed by atoms with E-state index in [9.17, 15) is 9.13 Å². The van der Waals surface area contributed by atoms with Gasteiger partial charge in [-0.15, -0.1) is 0 Å². The average molecular weight is 597 g/mol. The molecule has 4 aromatic carbocycles. The highest BCUT2D eigenvalue weighted by atomic mass is 31.2. The van der Waals surface area contributed by atoms with Gasteiger partial charge >= 0.3 is 15.2 Å². The van der Waals surface area contributed by atoms with Crippen LogP contribution in [0.25, 0.3) is 0 Å². The second kappa shape index (κ2) is 12.7. The highest BCUT2D eigenvalue weighted by Gasteiger charge is 2.40. The van der Waals surface area contributed by atoms with Gasteiger partial charge in [0.2, 0.25) is 0 Å². The number of benzene rings is 4. The van der Waals surface area contributed by atoms with Gasteiger partial charge in [0.15, 0.2) is 0 Å². The highest BCUT2D eigenvalue weighted by Crippen LogP contribution is 2.52. The predicted octanol–water partition coefficient (Wildman–Crippen LogP) is 7.82. The first-order valence-electron chi connectivity index (χ1n) is 12.8. The van der Waals surface area contributed by atoms with E-state index in [2.05, 4.69) is 0 Å². The molecule has 41 heavy (non-hydrogen) atoms. The summed E-state index contributed by atoms with van der Waals surface area (Å²) in [5.74, 6) is 2.14. The van der Waals surface area contributed by atoms with E-state index in [1.54, 1.807) is 36.4 Å². The van der Waals surface area contributed by atoms with Crippen LogP contribution in [0, 0.1) is 0 Å². The van der Waals surface area contributed by atoms with Gasteiger partial charge in [0.05, 0.1) is 10.6 Å². The molecule has 8 nitrogen and oxygen atoms in total. The molecular formula is C31H34O8P2. The van der Waals surface area contributed by atoms with Crippen molar-refractivity contribution in [3.63, 3.8) is 0 Å². The monoisotopic (exact) mass is 596 g/mol. The molecule has 4 rings (SSSR count). The molecule has 0 fully saturated rings. The van der Waals surface area contributed by atoms with Crippen LogP contribution in [0.3, 0.4) is 0 Å². The zero-order valence-corrected chi connectivity index (χ0v) is 25.7. The summed E-state index contributed by atoms with van der Waals surface area (Å²) in [7, 11) is -2.24. The van der Waals surface area contributed by atoms with Crippen LogP contribution >= 0.6 is 15.2 Å². The minimum absolute atomic E-state index is 0.307. The first kappa shape index (κ1) is 30.7. The van der Waals surface area contributed by atoms with Crippen molar-refractivity contribution in [3.05, 3.63) is 108 Å². The fourth-order valence-electron chi connectivity index (χ4n) is 4.60. The van der Waals surface area contributed by atoms with Crippen molar-refractivity contribution in [1.82, 2.24) is 0 Å². The molecule has 4 aromatic rings. The summed E-state index contributed by atoms with van der Waals surface area (Å²) >= 11 is 0. The summed E-state index contributed by atoms with van der Waals surface area (Å²) in [4.78, 5) is 0. The molecule has 0 atom stereocenters. The predicted molar refractivity (Wildman–Crippen MR) is 161 cm³/mol. The maximum Gasteiger partial charge on any atom is 0.361 e. The van der Waals surface area contributed by atoms with Crippen LogP contribution in [0.4, 0.5) is 0 Å². The lowest BCUT2D eigenvalue weighted by atomic mass is 9.78. The molecule has 216 valence electrons. The Morgan fingerprint density at radius 2 is 0.829 bits per heavy atom. The number of hydrogen-bond acceptors (Lipinski definition) is 8. The minimum atomic E-state index is -3.78. The molecule has 0 N–H and O–H groups in total. The molecule has 0 saturated carbocycles. The van der Waals surface area contributed by atoms with Gasteiger partial charge in [0.1, 0.15) is 23.0 Å². The molecule has 0 aromatic heterocycles. The molecule has 0 aliphatic rings. The maximum atomic E-state index is 13.9. The quantitative estimate of drug-likeness (QED) is 0.153. The molecule has 0 heterocycles. The van der Waals surface area contributed by atoms with Crippen molar-refractivity contribution >= 4 is 25.8 Å². The Balaban J connectivity index is 1.89. The molecule has 0 amide bonds. The van der Waals surface area contributed by atoms with Crippen molar-refractivity contribution in [1.29, 1.82) is 0 Å². The van der Waals surface area contributed by atoms with E-state index in [0.717, 1.165) is 0 Å². The topological polar surface area (TPSA) is 89.5 Å². The summed E-state index contributed by atoms with van der Waals surface area (Å²) < 4.78 is 61.5. The first-order chi connectivity index (χ1) is 19.6. The number of hydrogen-bond donors (Lipinski definition) is 0. The Kier molecular flexibility index (Phi) is 9.55. The Bertz CT molecular complexity index is 1440. The van der Waals surface area contributed by atoms with Crippen molar-refractivity contribution in [2.75, 3.05) is 28.4 Å². The largest absolute Gasteiger partial charge is 0.457 e. The van der Waals surface area contributed by atoms with E-state index in [0.29, 0.717) is 44.7 Å². The lowest BCUT2D eigenvalue weighted by Gasteiger charge is -2.33. The zero-order chi connectivity index (χ0) is 29.7. The second-order valence-corrected chi connectivity index (χ2v) is 14.0. The maximum absolute atomic E-state index is 13.9. The molecular weight excluding hydrogens is 562 g/mol. The van der Waals surface area contributed by atoms with Crippen molar-refractivity contribution < 1.29 is 36.7 Å². The molecule has 0 bridgehead atoms. The average Bonchev–Trinajstić information content (AvgIpc) is 3.01. The van der Waals surface area contributed by atoms with Gasteiger partial charge in [-0.05, 0) is 59.7 Å². The molecule has 0 spiro atoms. The third kappa shape index (κ3) is 6.49. The Hall–Kier alpha value is -3.22. The van der Waals surface area contributed by atoms with Gasteiger partial charge in [-0.2, -0.15) is 0 Å². The third-order valence-electron chi connectivity index (χ3n) is 6.79. The van der Waals surface area contributed by atoms with Crippen LogP contribution in [0.15, 0.2) is 97.1 Å². The van der Waals surface area contributed by atoms with Crippen LogP contribution in [-0.2, 0) is 32.6 Å².